The van der Waals surface area contributed by atoms with Crippen LogP contribution in [0.15, 0.2) is 36.4 Å². The number of hydrogen-bond acceptors (Lipinski definition) is 5. The van der Waals surface area contributed by atoms with Gasteiger partial charge < -0.3 is 10.6 Å². The summed E-state index contributed by atoms with van der Waals surface area (Å²) in [4.78, 5) is 24.6. The third kappa shape index (κ3) is 4.54. The van der Waals surface area contributed by atoms with Gasteiger partial charge in [-0.2, -0.15) is 5.10 Å². The number of carbonyl (C=O) groups is 2. The van der Waals surface area contributed by atoms with E-state index in [2.05, 4.69) is 15.7 Å². The van der Waals surface area contributed by atoms with E-state index >= 15 is 0 Å². The Kier molecular flexibility index (Phi) is 5.31. The molecule has 2 heterocycles. The van der Waals surface area contributed by atoms with Crippen molar-refractivity contribution >= 4 is 27.5 Å². The molecule has 1 aromatic carbocycles. The molecule has 2 aromatic rings. The molecule has 1 aliphatic heterocycles. The molecular weight excluding hydrogens is 368 g/mol. The van der Waals surface area contributed by atoms with Crippen molar-refractivity contribution in [1.29, 1.82) is 0 Å². The van der Waals surface area contributed by atoms with Crippen LogP contribution in [-0.2, 0) is 14.6 Å². The summed E-state index contributed by atoms with van der Waals surface area (Å²) < 4.78 is 24.6. The fraction of sp³-hybridized carbons (Fsp3) is 0.389. The highest BCUT2D eigenvalue weighted by Crippen LogP contribution is 2.19. The molecule has 2 amide bonds. The highest BCUT2D eigenvalue weighted by atomic mass is 32.2. The zero-order chi connectivity index (χ0) is 19.6. The van der Waals surface area contributed by atoms with E-state index in [1.54, 1.807) is 13.8 Å². The van der Waals surface area contributed by atoms with Crippen LogP contribution in [0.1, 0.15) is 30.8 Å². The topological polar surface area (TPSA) is 110 Å². The van der Waals surface area contributed by atoms with E-state index in [1.807, 2.05) is 30.3 Å². The molecule has 1 unspecified atom stereocenters. The second-order valence-corrected chi connectivity index (χ2v) is 9.11. The van der Waals surface area contributed by atoms with E-state index in [0.29, 0.717) is 17.9 Å². The quantitative estimate of drug-likeness (QED) is 0.801. The first-order valence-electron chi connectivity index (χ1n) is 8.73. The summed E-state index contributed by atoms with van der Waals surface area (Å²) in [5.41, 5.74) is 0.807. The minimum atomic E-state index is -3.09. The molecule has 1 saturated heterocycles. The van der Waals surface area contributed by atoms with Gasteiger partial charge in [-0.25, -0.2) is 13.1 Å². The summed E-state index contributed by atoms with van der Waals surface area (Å²) in [6.45, 7) is 3.54. The second-order valence-electron chi connectivity index (χ2n) is 6.88. The molecule has 0 aliphatic carbocycles. The molecule has 144 valence electrons. The Hall–Kier alpha value is -2.68. The highest BCUT2D eigenvalue weighted by Gasteiger charge is 2.30. The van der Waals surface area contributed by atoms with Crippen LogP contribution in [0.3, 0.4) is 0 Å². The Balaban J connectivity index is 1.86. The average Bonchev–Trinajstić information content (AvgIpc) is 3.18. The van der Waals surface area contributed by atoms with Gasteiger partial charge in [-0.15, -0.1) is 0 Å². The van der Waals surface area contributed by atoms with Gasteiger partial charge in [0.05, 0.1) is 17.2 Å². The summed E-state index contributed by atoms with van der Waals surface area (Å²) >= 11 is 0. The zero-order valence-corrected chi connectivity index (χ0v) is 16.0. The average molecular weight is 390 g/mol. The number of amides is 2. The minimum Gasteiger partial charge on any atom is -0.347 e. The van der Waals surface area contributed by atoms with Crippen LogP contribution in [0.2, 0.25) is 0 Å². The molecule has 0 bridgehead atoms. The number of hydrogen-bond donors (Lipinski definition) is 2. The molecule has 1 aromatic heterocycles. The number of rotatable bonds is 5. The van der Waals surface area contributed by atoms with E-state index in [0.717, 1.165) is 0 Å². The van der Waals surface area contributed by atoms with Crippen molar-refractivity contribution in [3.63, 3.8) is 0 Å². The summed E-state index contributed by atoms with van der Waals surface area (Å²) in [5.74, 6) is -0.497. The van der Waals surface area contributed by atoms with E-state index < -0.39 is 21.8 Å². The number of sulfone groups is 1. The highest BCUT2D eigenvalue weighted by molar-refractivity contribution is 7.91. The van der Waals surface area contributed by atoms with Gasteiger partial charge in [0, 0.05) is 18.0 Å². The predicted molar refractivity (Wildman–Crippen MR) is 102 cm³/mol. The normalized spacial score (nSPS) is 18.4. The number of carbonyl (C=O) groups excluding carboxylic acids is 2. The standard InChI is InChI=1S/C18H22N4O4S/c1-12(2)17(23)20-16-10-15(21-22(16)14-6-4-3-5-7-14)18(24)19-13-8-9-27(25,26)11-13/h3-7,10,12-13H,8-9,11H2,1-2H3,(H,19,24)(H,20,23). The SMILES string of the molecule is CC(C)C(=O)Nc1cc(C(=O)NC2CCS(=O)(=O)C2)nn1-c1ccccc1. The Morgan fingerprint density at radius 3 is 2.52 bits per heavy atom. The number of anilines is 1. The number of aromatic nitrogens is 2. The fourth-order valence-corrected chi connectivity index (χ4v) is 4.46. The first kappa shape index (κ1) is 19.1. The smallest absolute Gasteiger partial charge is 0.272 e. The lowest BCUT2D eigenvalue weighted by Gasteiger charge is -2.10. The van der Waals surface area contributed by atoms with Gasteiger partial charge in [-0.1, -0.05) is 32.0 Å². The van der Waals surface area contributed by atoms with Crippen molar-refractivity contribution in [3.8, 4) is 5.69 Å². The van der Waals surface area contributed by atoms with Crippen LogP contribution in [0, 0.1) is 5.92 Å². The van der Waals surface area contributed by atoms with Crippen LogP contribution < -0.4 is 10.6 Å². The molecule has 27 heavy (non-hydrogen) atoms. The molecule has 0 spiro atoms. The molecule has 3 rings (SSSR count). The first-order chi connectivity index (χ1) is 12.7. The summed E-state index contributed by atoms with van der Waals surface area (Å²) in [6.07, 6.45) is 0.393. The van der Waals surface area contributed by atoms with Crippen molar-refractivity contribution in [2.75, 3.05) is 16.8 Å². The largest absolute Gasteiger partial charge is 0.347 e. The van der Waals surface area contributed by atoms with E-state index in [1.165, 1.54) is 10.7 Å². The summed E-state index contributed by atoms with van der Waals surface area (Å²) in [5, 5.41) is 9.80. The third-order valence-electron chi connectivity index (χ3n) is 4.29. The molecule has 0 saturated carbocycles. The van der Waals surface area contributed by atoms with E-state index in [-0.39, 0.29) is 29.0 Å². The maximum absolute atomic E-state index is 12.5. The van der Waals surface area contributed by atoms with Crippen molar-refractivity contribution in [3.05, 3.63) is 42.1 Å². The number of para-hydroxylation sites is 1. The van der Waals surface area contributed by atoms with Gasteiger partial charge in [0.1, 0.15) is 5.82 Å². The van der Waals surface area contributed by atoms with Crippen LogP contribution in [0.25, 0.3) is 5.69 Å². The van der Waals surface area contributed by atoms with Crippen LogP contribution in [0.4, 0.5) is 5.82 Å². The van der Waals surface area contributed by atoms with Gasteiger partial charge in [0.2, 0.25) is 5.91 Å². The van der Waals surface area contributed by atoms with E-state index in [9.17, 15) is 18.0 Å². The maximum atomic E-state index is 12.5. The predicted octanol–water partition coefficient (Wildman–Crippen LogP) is 1.38. The van der Waals surface area contributed by atoms with Crippen LogP contribution in [-0.4, -0.2) is 47.6 Å². The molecular formula is C18H22N4O4S. The summed E-state index contributed by atoms with van der Waals surface area (Å²) in [7, 11) is -3.09. The van der Waals surface area contributed by atoms with Gasteiger partial charge in [-0.3, -0.25) is 9.59 Å². The molecule has 1 fully saturated rings. The minimum absolute atomic E-state index is 0.0604. The van der Waals surface area contributed by atoms with Gasteiger partial charge in [0.15, 0.2) is 15.5 Å². The second kappa shape index (κ2) is 7.51. The molecule has 8 nitrogen and oxygen atoms in total. The Morgan fingerprint density at radius 1 is 1.22 bits per heavy atom. The number of nitrogens with one attached hydrogen (secondary N) is 2. The molecule has 2 N–H and O–H groups in total. The van der Waals surface area contributed by atoms with Crippen molar-refractivity contribution in [1.82, 2.24) is 15.1 Å². The lowest BCUT2D eigenvalue weighted by atomic mass is 10.2. The fourth-order valence-electron chi connectivity index (χ4n) is 2.79. The van der Waals surface area contributed by atoms with E-state index in [4.69, 9.17) is 0 Å². The molecule has 9 heteroatoms. The maximum Gasteiger partial charge on any atom is 0.272 e. The van der Waals surface area contributed by atoms with Crippen LogP contribution in [0.5, 0.6) is 0 Å². The first-order valence-corrected chi connectivity index (χ1v) is 10.5. The zero-order valence-electron chi connectivity index (χ0n) is 15.2. The van der Waals surface area contributed by atoms with Gasteiger partial charge in [-0.05, 0) is 18.6 Å². The number of benzene rings is 1. The van der Waals surface area contributed by atoms with Crippen LogP contribution >= 0.6 is 0 Å². The third-order valence-corrected chi connectivity index (χ3v) is 6.05. The lowest BCUT2D eigenvalue weighted by molar-refractivity contribution is -0.118. The monoisotopic (exact) mass is 390 g/mol. The number of nitrogens with zero attached hydrogens (tertiary/aromatic N) is 2. The van der Waals surface area contributed by atoms with Crippen molar-refractivity contribution in [2.24, 2.45) is 5.92 Å². The Morgan fingerprint density at radius 2 is 1.93 bits per heavy atom. The molecule has 0 radical (unpaired) electrons. The summed E-state index contributed by atoms with van der Waals surface area (Å²) in [6, 6.07) is 10.2. The Bertz CT molecular complexity index is 951. The van der Waals surface area contributed by atoms with Crippen molar-refractivity contribution < 1.29 is 18.0 Å². The lowest BCUT2D eigenvalue weighted by Crippen LogP contribution is -2.35. The van der Waals surface area contributed by atoms with Gasteiger partial charge in [0.25, 0.3) is 5.91 Å². The Labute approximate surface area is 157 Å². The molecule has 1 aliphatic rings. The van der Waals surface area contributed by atoms with Crippen molar-refractivity contribution in [2.45, 2.75) is 26.3 Å². The molecule has 1 atom stereocenters. The van der Waals surface area contributed by atoms with Gasteiger partial charge >= 0.3 is 0 Å².